The molecule has 5 amide bonds. The molecule has 10 nitrogen and oxygen atoms in total. The third-order valence-corrected chi connectivity index (χ3v) is 6.87. The second kappa shape index (κ2) is 6.92. The van der Waals surface area contributed by atoms with Crippen molar-refractivity contribution in [3.8, 4) is 5.75 Å². The SMILES string of the molecule is COc1ccc2c(c1F)C(=O)N(CC1(c3cc4c(o3)CCC3=C4CNC3=O)NC(=O)NC1=O)C2. The van der Waals surface area contributed by atoms with Gasteiger partial charge in [-0.3, -0.25) is 19.7 Å². The van der Waals surface area contributed by atoms with Crippen LogP contribution in [0.2, 0.25) is 0 Å². The van der Waals surface area contributed by atoms with Gasteiger partial charge in [0.1, 0.15) is 11.5 Å². The smallest absolute Gasteiger partial charge is 0.322 e. The summed E-state index contributed by atoms with van der Waals surface area (Å²) in [6, 6.07) is 3.95. The number of ether oxygens (including phenoxy) is 1. The fraction of sp³-hybridized carbons (Fsp3) is 0.304. The minimum Gasteiger partial charge on any atom is -0.494 e. The Balaban J connectivity index is 1.40. The first kappa shape index (κ1) is 20.5. The van der Waals surface area contributed by atoms with Gasteiger partial charge in [-0.15, -0.1) is 0 Å². The number of carbonyl (C=O) groups excluding carboxylic acids is 4. The number of benzene rings is 1. The molecule has 1 aliphatic carbocycles. The number of fused-ring (bicyclic) bond motifs is 3. The zero-order chi connectivity index (χ0) is 23.8. The van der Waals surface area contributed by atoms with Gasteiger partial charge in [0.05, 0.1) is 19.2 Å². The van der Waals surface area contributed by atoms with Crippen molar-refractivity contribution < 1.29 is 32.7 Å². The molecule has 0 radical (unpaired) electrons. The molecule has 4 heterocycles. The normalized spacial score (nSPS) is 22.9. The van der Waals surface area contributed by atoms with E-state index < -0.39 is 29.2 Å². The predicted molar refractivity (Wildman–Crippen MR) is 113 cm³/mol. The Kier molecular flexibility index (Phi) is 4.17. The third kappa shape index (κ3) is 2.66. The van der Waals surface area contributed by atoms with Crippen LogP contribution in [0.25, 0.3) is 5.57 Å². The molecule has 1 aromatic heterocycles. The number of rotatable bonds is 4. The number of methoxy groups -OCH3 is 1. The summed E-state index contributed by atoms with van der Waals surface area (Å²) >= 11 is 0. The summed E-state index contributed by atoms with van der Waals surface area (Å²) in [7, 11) is 1.31. The summed E-state index contributed by atoms with van der Waals surface area (Å²) in [6.07, 6.45) is 0.972. The molecule has 0 spiro atoms. The van der Waals surface area contributed by atoms with Crippen molar-refractivity contribution in [2.75, 3.05) is 20.2 Å². The molecule has 1 saturated heterocycles. The summed E-state index contributed by atoms with van der Waals surface area (Å²) in [5, 5.41) is 7.63. The second-order valence-electron chi connectivity index (χ2n) is 8.68. The van der Waals surface area contributed by atoms with Crippen molar-refractivity contribution >= 4 is 29.3 Å². The average molecular weight is 466 g/mol. The lowest BCUT2D eigenvalue weighted by Gasteiger charge is -2.29. The van der Waals surface area contributed by atoms with Crippen molar-refractivity contribution in [3.63, 3.8) is 0 Å². The predicted octanol–water partition coefficient (Wildman–Crippen LogP) is 0.948. The lowest BCUT2D eigenvalue weighted by molar-refractivity contribution is -0.125. The monoisotopic (exact) mass is 466 g/mol. The van der Waals surface area contributed by atoms with Crippen molar-refractivity contribution in [3.05, 3.63) is 57.8 Å². The number of imide groups is 1. The minimum absolute atomic E-state index is 0.0497. The lowest BCUT2D eigenvalue weighted by Crippen LogP contribution is -2.52. The van der Waals surface area contributed by atoms with Crippen LogP contribution in [0.4, 0.5) is 9.18 Å². The number of nitrogens with one attached hydrogen (secondary N) is 3. The summed E-state index contributed by atoms with van der Waals surface area (Å²) in [5.74, 6) is -1.50. The molecule has 3 aliphatic heterocycles. The highest BCUT2D eigenvalue weighted by atomic mass is 19.1. The molecular weight excluding hydrogens is 447 g/mol. The molecule has 1 fully saturated rings. The topological polar surface area (TPSA) is 130 Å². The molecule has 1 unspecified atom stereocenters. The molecule has 11 heteroatoms. The van der Waals surface area contributed by atoms with Crippen LogP contribution in [0.1, 0.15) is 39.4 Å². The van der Waals surface area contributed by atoms with Crippen LogP contribution in [0.3, 0.4) is 0 Å². The first-order chi connectivity index (χ1) is 16.3. The summed E-state index contributed by atoms with van der Waals surface area (Å²) in [6.45, 7) is 0.135. The number of hydrogen-bond donors (Lipinski definition) is 3. The van der Waals surface area contributed by atoms with E-state index >= 15 is 0 Å². The molecule has 1 atom stereocenters. The van der Waals surface area contributed by atoms with Crippen molar-refractivity contribution in [2.45, 2.75) is 24.9 Å². The van der Waals surface area contributed by atoms with E-state index in [0.717, 1.165) is 5.57 Å². The van der Waals surface area contributed by atoms with E-state index in [-0.39, 0.29) is 36.1 Å². The van der Waals surface area contributed by atoms with Crippen molar-refractivity contribution in [1.82, 2.24) is 20.9 Å². The van der Waals surface area contributed by atoms with Gasteiger partial charge >= 0.3 is 6.03 Å². The van der Waals surface area contributed by atoms with Gasteiger partial charge in [0.2, 0.25) is 5.91 Å². The molecule has 1 aromatic carbocycles. The molecule has 2 aromatic rings. The summed E-state index contributed by atoms with van der Waals surface area (Å²) in [4.78, 5) is 51.8. The Hall–Kier alpha value is -4.15. The number of halogens is 1. The Morgan fingerprint density at radius 1 is 1.18 bits per heavy atom. The first-order valence-corrected chi connectivity index (χ1v) is 10.7. The van der Waals surface area contributed by atoms with E-state index in [1.54, 1.807) is 12.1 Å². The Labute approximate surface area is 192 Å². The summed E-state index contributed by atoms with van der Waals surface area (Å²) in [5.41, 5.74) is 0.817. The van der Waals surface area contributed by atoms with Gasteiger partial charge in [-0.1, -0.05) is 6.07 Å². The number of amides is 5. The number of furan rings is 1. The van der Waals surface area contributed by atoms with Gasteiger partial charge in [0, 0.05) is 30.6 Å². The number of nitrogens with zero attached hydrogens (tertiary/aromatic N) is 1. The highest BCUT2D eigenvalue weighted by Gasteiger charge is 2.53. The van der Waals surface area contributed by atoms with E-state index in [0.29, 0.717) is 41.8 Å². The maximum atomic E-state index is 14.8. The zero-order valence-electron chi connectivity index (χ0n) is 18.0. The van der Waals surface area contributed by atoms with Crippen LogP contribution in [-0.4, -0.2) is 48.9 Å². The van der Waals surface area contributed by atoms with Crippen molar-refractivity contribution in [2.24, 2.45) is 0 Å². The Bertz CT molecular complexity index is 1360. The highest BCUT2D eigenvalue weighted by Crippen LogP contribution is 2.40. The quantitative estimate of drug-likeness (QED) is 0.576. The third-order valence-electron chi connectivity index (χ3n) is 6.87. The molecule has 34 heavy (non-hydrogen) atoms. The largest absolute Gasteiger partial charge is 0.494 e. The molecule has 0 saturated carbocycles. The molecule has 4 aliphatic rings. The average Bonchev–Trinajstić information content (AvgIpc) is 3.54. The van der Waals surface area contributed by atoms with Gasteiger partial charge in [0.15, 0.2) is 17.1 Å². The minimum atomic E-state index is -1.70. The van der Waals surface area contributed by atoms with Crippen LogP contribution in [0.15, 0.2) is 28.2 Å². The second-order valence-corrected chi connectivity index (χ2v) is 8.68. The molecular formula is C23H19FN4O6. The van der Waals surface area contributed by atoms with E-state index in [1.165, 1.54) is 18.1 Å². The highest BCUT2D eigenvalue weighted by molar-refractivity contribution is 6.09. The maximum Gasteiger partial charge on any atom is 0.322 e. The fourth-order valence-electron chi connectivity index (χ4n) is 5.18. The van der Waals surface area contributed by atoms with Crippen LogP contribution in [-0.2, 0) is 28.1 Å². The van der Waals surface area contributed by atoms with E-state index in [1.807, 2.05) is 0 Å². The maximum absolute atomic E-state index is 14.8. The van der Waals surface area contributed by atoms with Crippen LogP contribution >= 0.6 is 0 Å². The zero-order valence-corrected chi connectivity index (χ0v) is 18.0. The standard InChI is InChI=1S/C23H19FN4O6/c1-33-15-4-2-10-8-28(20(30)17(10)18(15)24)9-23(21(31)26-22(32)27-23)16-6-12-13-7-25-19(29)11(13)3-5-14(12)34-16/h2,4,6H,3,5,7-9H2,1H3,(H,25,29)(H2,26,27,31,32). The van der Waals surface area contributed by atoms with E-state index in [9.17, 15) is 23.6 Å². The summed E-state index contributed by atoms with van der Waals surface area (Å²) < 4.78 is 25.8. The van der Waals surface area contributed by atoms with Gasteiger partial charge in [-0.25, -0.2) is 9.18 Å². The van der Waals surface area contributed by atoms with E-state index in [4.69, 9.17) is 9.15 Å². The van der Waals surface area contributed by atoms with Gasteiger partial charge in [-0.05, 0) is 29.7 Å². The van der Waals surface area contributed by atoms with Gasteiger partial charge < -0.3 is 24.7 Å². The van der Waals surface area contributed by atoms with Crippen LogP contribution in [0, 0.1) is 5.82 Å². The molecule has 174 valence electrons. The van der Waals surface area contributed by atoms with Crippen molar-refractivity contribution in [1.29, 1.82) is 0 Å². The Morgan fingerprint density at radius 2 is 2.00 bits per heavy atom. The fourth-order valence-corrected chi connectivity index (χ4v) is 5.18. The number of hydrogen-bond acceptors (Lipinski definition) is 6. The van der Waals surface area contributed by atoms with E-state index in [2.05, 4.69) is 16.0 Å². The molecule has 6 rings (SSSR count). The Morgan fingerprint density at radius 3 is 2.74 bits per heavy atom. The first-order valence-electron chi connectivity index (χ1n) is 10.7. The van der Waals surface area contributed by atoms with Crippen LogP contribution < -0.4 is 20.7 Å². The lowest BCUT2D eigenvalue weighted by atomic mass is 9.90. The number of urea groups is 1. The molecule has 0 bridgehead atoms. The van der Waals surface area contributed by atoms with Gasteiger partial charge in [-0.2, -0.15) is 0 Å². The number of carbonyl (C=O) groups is 4. The van der Waals surface area contributed by atoms with Crippen LogP contribution in [0.5, 0.6) is 5.75 Å². The number of aryl methyl sites for hydroxylation is 1. The van der Waals surface area contributed by atoms with Gasteiger partial charge in [0.25, 0.3) is 11.8 Å². The molecule has 3 N–H and O–H groups in total.